The molecule has 0 atom stereocenters. The van der Waals surface area contributed by atoms with Crippen molar-refractivity contribution in [3.05, 3.63) is 58.6 Å². The molecule has 3 rings (SSSR count). The largest absolute Gasteiger partial charge is 0.508 e. The Bertz CT molecular complexity index is 851. The molecule has 2 aromatic rings. The minimum Gasteiger partial charge on any atom is -0.508 e. The molecule has 1 amide bonds. The molecule has 28 heavy (non-hydrogen) atoms. The number of halogens is 1. The lowest BCUT2D eigenvalue weighted by Gasteiger charge is -2.29. The van der Waals surface area contributed by atoms with Crippen molar-refractivity contribution in [3.63, 3.8) is 0 Å². The molecule has 0 unspecified atom stereocenters. The molecule has 1 fully saturated rings. The highest BCUT2D eigenvalue weighted by Gasteiger charge is 2.25. The molecule has 0 aromatic heterocycles. The Hall–Kier alpha value is -2.61. The fourth-order valence-electron chi connectivity index (χ4n) is 3.30. The molecule has 0 bridgehead atoms. The SMILES string of the molecule is O=C(C[NH+]1CC[NH+](Cc2ccccc2Cl)CC1)N/N=C/c1ccc(O)cc1O. The first-order valence-electron chi connectivity index (χ1n) is 9.25. The van der Waals surface area contributed by atoms with E-state index in [0.29, 0.717) is 12.1 Å². The Kier molecular flexibility index (Phi) is 6.86. The molecule has 1 aliphatic heterocycles. The van der Waals surface area contributed by atoms with E-state index < -0.39 is 0 Å². The highest BCUT2D eigenvalue weighted by atomic mass is 35.5. The van der Waals surface area contributed by atoms with Crippen LogP contribution < -0.4 is 15.2 Å². The molecule has 148 valence electrons. The summed E-state index contributed by atoms with van der Waals surface area (Å²) in [6, 6.07) is 12.1. The summed E-state index contributed by atoms with van der Waals surface area (Å²) < 4.78 is 0. The first-order chi connectivity index (χ1) is 13.5. The molecule has 0 spiro atoms. The number of hydrazone groups is 1. The summed E-state index contributed by atoms with van der Waals surface area (Å²) in [5.74, 6) is -0.293. The van der Waals surface area contributed by atoms with Gasteiger partial charge in [0.15, 0.2) is 6.54 Å². The Labute approximate surface area is 168 Å². The number of nitrogens with zero attached hydrogens (tertiary/aromatic N) is 1. The standard InChI is InChI=1S/C20H23ClN4O3/c21-18-4-2-1-3-16(18)13-24-7-9-25(10-8-24)14-20(28)23-22-12-15-5-6-17(26)11-19(15)27/h1-6,11-12,26-27H,7-10,13-14H2,(H,23,28)/p+2/b22-12+. The summed E-state index contributed by atoms with van der Waals surface area (Å²) in [6.45, 7) is 5.06. The molecule has 0 aliphatic carbocycles. The highest BCUT2D eigenvalue weighted by molar-refractivity contribution is 6.31. The van der Waals surface area contributed by atoms with Crippen molar-refractivity contribution in [2.24, 2.45) is 5.10 Å². The van der Waals surface area contributed by atoms with Crippen LogP contribution >= 0.6 is 11.6 Å². The third kappa shape index (κ3) is 5.69. The van der Waals surface area contributed by atoms with E-state index in [0.717, 1.165) is 43.3 Å². The van der Waals surface area contributed by atoms with Crippen LogP contribution in [0.3, 0.4) is 0 Å². The van der Waals surface area contributed by atoms with E-state index in [-0.39, 0.29) is 17.4 Å². The maximum Gasteiger partial charge on any atom is 0.295 e. The summed E-state index contributed by atoms with van der Waals surface area (Å²) in [4.78, 5) is 14.8. The molecule has 8 heteroatoms. The molecule has 1 aliphatic rings. The van der Waals surface area contributed by atoms with Gasteiger partial charge in [-0.3, -0.25) is 4.79 Å². The van der Waals surface area contributed by atoms with Crippen LogP contribution in [-0.2, 0) is 11.3 Å². The lowest BCUT2D eigenvalue weighted by Crippen LogP contribution is -3.28. The minimum atomic E-state index is -0.168. The fraction of sp³-hybridized carbons (Fsp3) is 0.300. The fourth-order valence-corrected chi connectivity index (χ4v) is 3.51. The number of rotatable bonds is 6. The lowest BCUT2D eigenvalue weighted by molar-refractivity contribution is -1.02. The first-order valence-corrected chi connectivity index (χ1v) is 9.63. The number of phenolic OH excluding ortho intramolecular Hbond substituents is 2. The Morgan fingerprint density at radius 1 is 1.11 bits per heavy atom. The van der Waals surface area contributed by atoms with Crippen LogP contribution in [0.4, 0.5) is 0 Å². The van der Waals surface area contributed by atoms with Gasteiger partial charge in [0.2, 0.25) is 0 Å². The van der Waals surface area contributed by atoms with Gasteiger partial charge in [0.1, 0.15) is 44.2 Å². The number of hydrogen-bond acceptors (Lipinski definition) is 4. The molecule has 7 nitrogen and oxygen atoms in total. The van der Waals surface area contributed by atoms with Gasteiger partial charge >= 0.3 is 0 Å². The zero-order valence-corrected chi connectivity index (χ0v) is 16.2. The van der Waals surface area contributed by atoms with Crippen molar-refractivity contribution in [2.75, 3.05) is 32.7 Å². The van der Waals surface area contributed by atoms with E-state index in [1.165, 1.54) is 34.2 Å². The molecule has 1 saturated heterocycles. The Morgan fingerprint density at radius 2 is 1.82 bits per heavy atom. The van der Waals surface area contributed by atoms with E-state index in [9.17, 15) is 15.0 Å². The van der Waals surface area contributed by atoms with E-state index >= 15 is 0 Å². The zero-order chi connectivity index (χ0) is 19.9. The third-order valence-corrected chi connectivity index (χ3v) is 5.25. The van der Waals surface area contributed by atoms with Crippen molar-refractivity contribution >= 4 is 23.7 Å². The Morgan fingerprint density at radius 3 is 2.54 bits per heavy atom. The summed E-state index contributed by atoms with van der Waals surface area (Å²) in [6.07, 6.45) is 1.35. The topological polar surface area (TPSA) is 90.8 Å². The number of carbonyl (C=O) groups is 1. The van der Waals surface area contributed by atoms with Crippen molar-refractivity contribution < 1.29 is 24.8 Å². The van der Waals surface area contributed by atoms with Gasteiger partial charge in [0, 0.05) is 22.2 Å². The van der Waals surface area contributed by atoms with Crippen molar-refractivity contribution in [1.82, 2.24) is 5.43 Å². The summed E-state index contributed by atoms with van der Waals surface area (Å²) in [5.41, 5.74) is 4.07. The molecular formula is C20H25ClN4O3+2. The maximum atomic E-state index is 12.1. The van der Waals surface area contributed by atoms with Crippen molar-refractivity contribution in [3.8, 4) is 11.5 Å². The zero-order valence-electron chi connectivity index (χ0n) is 15.5. The Balaban J connectivity index is 1.41. The van der Waals surface area contributed by atoms with Gasteiger partial charge in [0.05, 0.1) is 6.21 Å². The van der Waals surface area contributed by atoms with E-state index in [2.05, 4.69) is 16.6 Å². The quantitative estimate of drug-likeness (QED) is 0.322. The number of amides is 1. The maximum absolute atomic E-state index is 12.1. The van der Waals surface area contributed by atoms with Gasteiger partial charge in [-0.25, -0.2) is 5.43 Å². The predicted molar refractivity (Wildman–Crippen MR) is 107 cm³/mol. The summed E-state index contributed by atoms with van der Waals surface area (Å²) in [7, 11) is 0. The van der Waals surface area contributed by atoms with Gasteiger partial charge < -0.3 is 20.0 Å². The lowest BCUT2D eigenvalue weighted by atomic mass is 10.2. The van der Waals surface area contributed by atoms with Crippen LogP contribution in [0.2, 0.25) is 5.02 Å². The normalized spacial score (nSPS) is 19.6. The van der Waals surface area contributed by atoms with Gasteiger partial charge in [0.25, 0.3) is 5.91 Å². The number of phenols is 2. The van der Waals surface area contributed by atoms with E-state index in [4.69, 9.17) is 11.6 Å². The third-order valence-electron chi connectivity index (χ3n) is 4.88. The highest BCUT2D eigenvalue weighted by Crippen LogP contribution is 2.20. The minimum absolute atomic E-state index is 0.0295. The number of benzene rings is 2. The number of nitrogens with one attached hydrogen (secondary N) is 3. The summed E-state index contributed by atoms with van der Waals surface area (Å²) >= 11 is 6.24. The predicted octanol–water partition coefficient (Wildman–Crippen LogP) is -0.815. The molecular weight excluding hydrogens is 380 g/mol. The van der Waals surface area contributed by atoms with Crippen molar-refractivity contribution in [2.45, 2.75) is 6.54 Å². The molecule has 5 N–H and O–H groups in total. The van der Waals surface area contributed by atoms with Crippen LogP contribution in [0.15, 0.2) is 47.6 Å². The number of piperazine rings is 1. The first kappa shape index (κ1) is 20.1. The van der Waals surface area contributed by atoms with Crippen LogP contribution in [-0.4, -0.2) is 55.1 Å². The van der Waals surface area contributed by atoms with Crippen LogP contribution in [0.25, 0.3) is 0 Å². The van der Waals surface area contributed by atoms with Gasteiger partial charge in [-0.05, 0) is 18.2 Å². The number of quaternary nitrogens is 2. The second-order valence-electron chi connectivity index (χ2n) is 6.98. The average molecular weight is 405 g/mol. The molecule has 0 radical (unpaired) electrons. The van der Waals surface area contributed by atoms with Gasteiger partial charge in [-0.15, -0.1) is 0 Å². The monoisotopic (exact) mass is 404 g/mol. The number of carbonyl (C=O) groups excluding carboxylic acids is 1. The molecule has 0 saturated carbocycles. The average Bonchev–Trinajstić information content (AvgIpc) is 2.67. The van der Waals surface area contributed by atoms with E-state index in [1.807, 2.05) is 18.2 Å². The van der Waals surface area contributed by atoms with Crippen LogP contribution in [0.1, 0.15) is 11.1 Å². The van der Waals surface area contributed by atoms with Gasteiger partial charge in [-0.1, -0.05) is 29.8 Å². The summed E-state index contributed by atoms with van der Waals surface area (Å²) in [5, 5.41) is 23.6. The van der Waals surface area contributed by atoms with E-state index in [1.54, 1.807) is 0 Å². The van der Waals surface area contributed by atoms with Gasteiger partial charge in [-0.2, -0.15) is 5.10 Å². The number of aromatic hydroxyl groups is 2. The van der Waals surface area contributed by atoms with Crippen molar-refractivity contribution in [1.29, 1.82) is 0 Å². The second-order valence-corrected chi connectivity index (χ2v) is 7.39. The molecule has 1 heterocycles. The van der Waals surface area contributed by atoms with Crippen LogP contribution in [0.5, 0.6) is 11.5 Å². The molecule has 2 aromatic carbocycles. The number of hydrogen-bond donors (Lipinski definition) is 5. The smallest absolute Gasteiger partial charge is 0.295 e. The van der Waals surface area contributed by atoms with Crippen LogP contribution in [0, 0.1) is 0 Å². The second kappa shape index (κ2) is 9.54.